The lowest BCUT2D eigenvalue weighted by atomic mass is 10.1. The number of amides is 1. The molecule has 2 aromatic carbocycles. The number of hydrogen-bond donors (Lipinski definition) is 2. The minimum absolute atomic E-state index is 0.0968. The van der Waals surface area contributed by atoms with Gasteiger partial charge in [-0.15, -0.1) is 0 Å². The lowest BCUT2D eigenvalue weighted by Crippen LogP contribution is -3.15. The van der Waals surface area contributed by atoms with Gasteiger partial charge in [-0.3, -0.25) is 4.79 Å². The van der Waals surface area contributed by atoms with Gasteiger partial charge in [-0.1, -0.05) is 29.8 Å². The van der Waals surface area contributed by atoms with Crippen LogP contribution >= 0.6 is 0 Å². The molecule has 1 amide bonds. The van der Waals surface area contributed by atoms with Gasteiger partial charge in [0.05, 0.1) is 26.2 Å². The van der Waals surface area contributed by atoms with Crippen LogP contribution in [0.15, 0.2) is 41.3 Å². The minimum atomic E-state index is -3.86. The lowest BCUT2D eigenvalue weighted by molar-refractivity contribution is -0.895. The summed E-state index contributed by atoms with van der Waals surface area (Å²) in [5, 5.41) is 2.99. The third-order valence-corrected chi connectivity index (χ3v) is 7.17. The predicted octanol–water partition coefficient (Wildman–Crippen LogP) is 1.28. The van der Waals surface area contributed by atoms with Gasteiger partial charge in [0, 0.05) is 5.69 Å². The van der Waals surface area contributed by atoms with Crippen molar-refractivity contribution in [2.24, 2.45) is 0 Å². The zero-order valence-electron chi connectivity index (χ0n) is 17.0. The number of nitrogens with zero attached hydrogens (tertiary/aromatic N) is 1. The van der Waals surface area contributed by atoms with E-state index < -0.39 is 15.8 Å². The highest BCUT2D eigenvalue weighted by Crippen LogP contribution is 2.22. The number of benzene rings is 2. The first-order valence-corrected chi connectivity index (χ1v) is 11.1. The van der Waals surface area contributed by atoms with Gasteiger partial charge in [-0.05, 0) is 44.0 Å². The Hall–Kier alpha value is -2.29. The van der Waals surface area contributed by atoms with Crippen LogP contribution in [0.2, 0.25) is 0 Å². The molecule has 0 spiro atoms. The van der Waals surface area contributed by atoms with Crippen LogP contribution in [0.1, 0.15) is 16.7 Å². The molecule has 1 saturated heterocycles. The molecular formula is C21H27FN3O3S+. The zero-order chi connectivity index (χ0) is 21.2. The van der Waals surface area contributed by atoms with Crippen LogP contribution in [0.25, 0.3) is 0 Å². The van der Waals surface area contributed by atoms with E-state index in [1.54, 1.807) is 0 Å². The zero-order valence-corrected chi connectivity index (χ0v) is 17.8. The fraction of sp³-hybridized carbons (Fsp3) is 0.381. The van der Waals surface area contributed by atoms with E-state index in [9.17, 15) is 17.6 Å². The van der Waals surface area contributed by atoms with Crippen molar-refractivity contribution < 1.29 is 22.5 Å². The molecule has 2 aromatic rings. The van der Waals surface area contributed by atoms with Crippen molar-refractivity contribution in [1.29, 1.82) is 0 Å². The van der Waals surface area contributed by atoms with E-state index >= 15 is 0 Å². The van der Waals surface area contributed by atoms with Gasteiger partial charge in [0.25, 0.3) is 5.91 Å². The monoisotopic (exact) mass is 420 g/mol. The first kappa shape index (κ1) is 21.4. The SMILES string of the molecule is Cc1cc(C)c(NC(=O)C[NH+]2CCN(S(=O)(=O)c3ccccc3F)CC2)c(C)c1. The first-order chi connectivity index (χ1) is 13.7. The van der Waals surface area contributed by atoms with Gasteiger partial charge in [-0.25, -0.2) is 12.8 Å². The van der Waals surface area contributed by atoms with Gasteiger partial charge < -0.3 is 10.2 Å². The molecule has 29 heavy (non-hydrogen) atoms. The molecule has 6 nitrogen and oxygen atoms in total. The number of piperazine rings is 1. The molecule has 1 fully saturated rings. The number of sulfonamides is 1. The number of quaternary nitrogens is 1. The molecule has 2 N–H and O–H groups in total. The minimum Gasteiger partial charge on any atom is -0.325 e. The third-order valence-electron chi connectivity index (χ3n) is 5.24. The van der Waals surface area contributed by atoms with Gasteiger partial charge in [0.15, 0.2) is 6.54 Å². The summed E-state index contributed by atoms with van der Waals surface area (Å²) < 4.78 is 40.6. The molecule has 8 heteroatoms. The second kappa shape index (κ2) is 8.61. The lowest BCUT2D eigenvalue weighted by Gasteiger charge is -2.31. The predicted molar refractivity (Wildman–Crippen MR) is 110 cm³/mol. The molecule has 1 aliphatic rings. The van der Waals surface area contributed by atoms with Gasteiger partial charge in [0.2, 0.25) is 10.0 Å². The maximum absolute atomic E-state index is 13.9. The molecule has 0 aromatic heterocycles. The van der Waals surface area contributed by atoms with Crippen LogP contribution in [0.3, 0.4) is 0 Å². The molecule has 156 valence electrons. The number of carbonyl (C=O) groups excluding carboxylic acids is 1. The maximum Gasteiger partial charge on any atom is 0.279 e. The molecular weight excluding hydrogens is 393 g/mol. The quantitative estimate of drug-likeness (QED) is 0.766. The Morgan fingerprint density at radius 2 is 1.69 bits per heavy atom. The molecule has 1 aliphatic heterocycles. The van der Waals surface area contributed by atoms with Gasteiger partial charge in [-0.2, -0.15) is 4.31 Å². The number of rotatable bonds is 5. The fourth-order valence-electron chi connectivity index (χ4n) is 3.80. The summed E-state index contributed by atoms with van der Waals surface area (Å²) in [6, 6.07) is 9.46. The Morgan fingerprint density at radius 1 is 1.10 bits per heavy atom. The average Bonchev–Trinajstić information content (AvgIpc) is 2.65. The number of nitrogens with one attached hydrogen (secondary N) is 2. The van der Waals surface area contributed by atoms with Crippen molar-refractivity contribution in [2.75, 3.05) is 38.0 Å². The normalized spacial score (nSPS) is 16.0. The van der Waals surface area contributed by atoms with Crippen LogP contribution in [0, 0.1) is 26.6 Å². The van der Waals surface area contributed by atoms with E-state index in [-0.39, 0.29) is 30.4 Å². The summed E-state index contributed by atoms with van der Waals surface area (Å²) >= 11 is 0. The van der Waals surface area contributed by atoms with Crippen LogP contribution in [0.4, 0.5) is 10.1 Å². The van der Waals surface area contributed by atoms with Gasteiger partial charge >= 0.3 is 0 Å². The number of halogens is 1. The highest BCUT2D eigenvalue weighted by atomic mass is 32.2. The smallest absolute Gasteiger partial charge is 0.279 e. The fourth-order valence-corrected chi connectivity index (χ4v) is 5.31. The van der Waals surface area contributed by atoms with E-state index in [0.717, 1.165) is 33.3 Å². The molecule has 0 radical (unpaired) electrons. The first-order valence-electron chi connectivity index (χ1n) is 9.64. The highest BCUT2D eigenvalue weighted by Gasteiger charge is 2.32. The number of aryl methyl sites for hydroxylation is 3. The van der Waals surface area contributed by atoms with Crippen LogP contribution in [0.5, 0.6) is 0 Å². The summed E-state index contributed by atoms with van der Waals surface area (Å²) in [7, 11) is -3.86. The van der Waals surface area contributed by atoms with Crippen LogP contribution in [-0.2, 0) is 14.8 Å². The van der Waals surface area contributed by atoms with Crippen molar-refractivity contribution in [2.45, 2.75) is 25.7 Å². The molecule has 3 rings (SSSR count). The second-order valence-electron chi connectivity index (χ2n) is 7.58. The molecule has 0 aliphatic carbocycles. The summed E-state index contributed by atoms with van der Waals surface area (Å²) in [5.74, 6) is -0.842. The van der Waals surface area contributed by atoms with Crippen molar-refractivity contribution in [3.63, 3.8) is 0 Å². The molecule has 0 atom stereocenters. The summed E-state index contributed by atoms with van der Waals surface area (Å²) in [6.45, 7) is 7.71. The van der Waals surface area contributed by atoms with Crippen LogP contribution < -0.4 is 10.2 Å². The van der Waals surface area contributed by atoms with E-state index in [1.807, 2.05) is 32.9 Å². The summed E-state index contributed by atoms with van der Waals surface area (Å²) in [6.07, 6.45) is 0. The molecule has 0 unspecified atom stereocenters. The largest absolute Gasteiger partial charge is 0.325 e. The Bertz CT molecular complexity index is 993. The molecule has 0 saturated carbocycles. The number of carbonyl (C=O) groups is 1. The summed E-state index contributed by atoms with van der Waals surface area (Å²) in [5.41, 5.74) is 4.02. The van der Waals surface area contributed by atoms with E-state index in [2.05, 4.69) is 5.32 Å². The second-order valence-corrected chi connectivity index (χ2v) is 9.49. The Kier molecular flexibility index (Phi) is 6.36. The van der Waals surface area contributed by atoms with Crippen molar-refractivity contribution in [3.8, 4) is 0 Å². The molecule has 0 bridgehead atoms. The van der Waals surface area contributed by atoms with E-state index in [1.165, 1.54) is 22.5 Å². The summed E-state index contributed by atoms with van der Waals surface area (Å²) in [4.78, 5) is 13.2. The third kappa shape index (κ3) is 4.83. The van der Waals surface area contributed by atoms with E-state index in [4.69, 9.17) is 0 Å². The number of hydrogen-bond acceptors (Lipinski definition) is 3. The Labute approximate surface area is 171 Å². The topological polar surface area (TPSA) is 70.9 Å². The van der Waals surface area contributed by atoms with Crippen molar-refractivity contribution >= 4 is 21.6 Å². The van der Waals surface area contributed by atoms with Gasteiger partial charge in [0.1, 0.15) is 10.7 Å². The van der Waals surface area contributed by atoms with Crippen LogP contribution in [-0.4, -0.2) is 51.4 Å². The maximum atomic E-state index is 13.9. The standard InChI is InChI=1S/C21H26FN3O3S/c1-15-12-16(2)21(17(3)13-15)23-20(26)14-24-8-10-25(11-9-24)29(27,28)19-7-5-4-6-18(19)22/h4-7,12-13H,8-11,14H2,1-3H3,(H,23,26)/p+1. The van der Waals surface area contributed by atoms with Crippen molar-refractivity contribution in [3.05, 3.63) is 58.9 Å². The number of anilines is 1. The highest BCUT2D eigenvalue weighted by molar-refractivity contribution is 7.89. The molecule has 1 heterocycles. The average molecular weight is 421 g/mol. The Balaban J connectivity index is 1.59. The Morgan fingerprint density at radius 3 is 2.28 bits per heavy atom. The van der Waals surface area contributed by atoms with E-state index in [0.29, 0.717) is 13.1 Å². The van der Waals surface area contributed by atoms with Crippen molar-refractivity contribution in [1.82, 2.24) is 4.31 Å².